The molecular formula is C13H19ClN2. The van der Waals surface area contributed by atoms with E-state index in [1.807, 2.05) is 19.2 Å². The third-order valence-corrected chi connectivity index (χ3v) is 3.63. The van der Waals surface area contributed by atoms with E-state index in [2.05, 4.69) is 22.3 Å². The number of piperidine rings is 1. The molecule has 1 aromatic rings. The second kappa shape index (κ2) is 5.67. The van der Waals surface area contributed by atoms with Gasteiger partial charge in [0.2, 0.25) is 0 Å². The number of likely N-dealkylation sites (tertiary alicyclic amines) is 1. The van der Waals surface area contributed by atoms with Gasteiger partial charge in [-0.25, -0.2) is 0 Å². The first-order chi connectivity index (χ1) is 7.79. The van der Waals surface area contributed by atoms with Crippen LogP contribution in [0.1, 0.15) is 18.4 Å². The second-order valence-corrected chi connectivity index (χ2v) is 4.86. The van der Waals surface area contributed by atoms with Crippen molar-refractivity contribution < 1.29 is 0 Å². The van der Waals surface area contributed by atoms with Crippen LogP contribution < -0.4 is 5.32 Å². The lowest BCUT2D eigenvalue weighted by molar-refractivity contribution is 0.188. The molecule has 16 heavy (non-hydrogen) atoms. The van der Waals surface area contributed by atoms with E-state index < -0.39 is 0 Å². The van der Waals surface area contributed by atoms with Crippen molar-refractivity contribution in [1.29, 1.82) is 0 Å². The van der Waals surface area contributed by atoms with Crippen molar-refractivity contribution in [3.63, 3.8) is 0 Å². The van der Waals surface area contributed by atoms with Crippen LogP contribution in [0.5, 0.6) is 0 Å². The lowest BCUT2D eigenvalue weighted by Gasteiger charge is -2.32. The van der Waals surface area contributed by atoms with E-state index in [1.54, 1.807) is 0 Å². The van der Waals surface area contributed by atoms with Crippen LogP contribution in [0.3, 0.4) is 0 Å². The number of likely N-dealkylation sites (N-methyl/N-ethyl adjacent to an activating group) is 1. The van der Waals surface area contributed by atoms with Crippen molar-refractivity contribution in [3.8, 4) is 0 Å². The fourth-order valence-electron chi connectivity index (χ4n) is 2.30. The van der Waals surface area contributed by atoms with Crippen LogP contribution in [0.25, 0.3) is 0 Å². The number of nitrogens with one attached hydrogen (secondary N) is 1. The average Bonchev–Trinajstić information content (AvgIpc) is 2.32. The van der Waals surface area contributed by atoms with Crippen molar-refractivity contribution >= 4 is 11.6 Å². The minimum absolute atomic E-state index is 0.635. The summed E-state index contributed by atoms with van der Waals surface area (Å²) in [7, 11) is 2.05. The van der Waals surface area contributed by atoms with E-state index in [1.165, 1.54) is 24.9 Å². The third-order valence-electron chi connectivity index (χ3n) is 3.27. The first kappa shape index (κ1) is 11.9. The maximum atomic E-state index is 6.17. The maximum Gasteiger partial charge on any atom is 0.0451 e. The number of rotatable bonds is 3. The van der Waals surface area contributed by atoms with Crippen molar-refractivity contribution in [2.24, 2.45) is 0 Å². The van der Waals surface area contributed by atoms with E-state index in [9.17, 15) is 0 Å². The molecule has 1 aliphatic rings. The molecule has 0 aromatic heterocycles. The van der Waals surface area contributed by atoms with Crippen molar-refractivity contribution in [3.05, 3.63) is 34.9 Å². The molecule has 0 aliphatic carbocycles. The highest BCUT2D eigenvalue weighted by atomic mass is 35.5. The molecule has 0 spiro atoms. The summed E-state index contributed by atoms with van der Waals surface area (Å²) in [6, 6.07) is 8.76. The van der Waals surface area contributed by atoms with Gasteiger partial charge in [-0.15, -0.1) is 0 Å². The summed E-state index contributed by atoms with van der Waals surface area (Å²) < 4.78 is 0. The Balaban J connectivity index is 1.97. The molecule has 1 saturated heterocycles. The molecule has 0 amide bonds. The highest BCUT2D eigenvalue weighted by Crippen LogP contribution is 2.19. The Morgan fingerprint density at radius 1 is 1.44 bits per heavy atom. The van der Waals surface area contributed by atoms with Gasteiger partial charge in [0.1, 0.15) is 0 Å². The molecule has 1 heterocycles. The second-order valence-electron chi connectivity index (χ2n) is 4.45. The molecule has 0 radical (unpaired) electrons. The first-order valence-corrected chi connectivity index (χ1v) is 6.30. The largest absolute Gasteiger partial charge is 0.316 e. The van der Waals surface area contributed by atoms with Gasteiger partial charge in [-0.3, -0.25) is 4.90 Å². The molecule has 1 aromatic carbocycles. The van der Waals surface area contributed by atoms with E-state index in [-0.39, 0.29) is 0 Å². The summed E-state index contributed by atoms with van der Waals surface area (Å²) in [5, 5.41) is 4.24. The maximum absolute atomic E-state index is 6.17. The van der Waals surface area contributed by atoms with Crippen LogP contribution in [0, 0.1) is 0 Å². The van der Waals surface area contributed by atoms with Gasteiger partial charge in [0.25, 0.3) is 0 Å². The van der Waals surface area contributed by atoms with Gasteiger partial charge >= 0.3 is 0 Å². The zero-order valence-corrected chi connectivity index (χ0v) is 10.5. The molecule has 1 aliphatic heterocycles. The lowest BCUT2D eigenvalue weighted by Crippen LogP contribution is -2.43. The van der Waals surface area contributed by atoms with Crippen LogP contribution in [-0.2, 0) is 6.54 Å². The lowest BCUT2D eigenvalue weighted by atomic mass is 10.1. The standard InChI is InChI=1S/C13H19ClN2/c1-15-12-6-4-8-16(10-12)9-11-5-2-3-7-13(11)14/h2-3,5,7,12,15H,4,6,8-10H2,1H3/t12-/m0/s1. The van der Waals surface area contributed by atoms with Crippen LogP contribution in [-0.4, -0.2) is 31.1 Å². The van der Waals surface area contributed by atoms with E-state index in [4.69, 9.17) is 11.6 Å². The smallest absolute Gasteiger partial charge is 0.0451 e. The average molecular weight is 239 g/mol. The quantitative estimate of drug-likeness (QED) is 0.871. The summed E-state index contributed by atoms with van der Waals surface area (Å²) in [6.45, 7) is 3.28. The zero-order valence-electron chi connectivity index (χ0n) is 9.75. The predicted molar refractivity (Wildman–Crippen MR) is 68.8 cm³/mol. The summed E-state index contributed by atoms with van der Waals surface area (Å²) in [4.78, 5) is 2.48. The molecule has 1 atom stereocenters. The minimum atomic E-state index is 0.635. The monoisotopic (exact) mass is 238 g/mol. The Morgan fingerprint density at radius 3 is 3.00 bits per heavy atom. The Hall–Kier alpha value is -0.570. The number of halogens is 1. The predicted octanol–water partition coefficient (Wildman–Crippen LogP) is 2.52. The van der Waals surface area contributed by atoms with Gasteiger partial charge < -0.3 is 5.32 Å². The van der Waals surface area contributed by atoms with Crippen molar-refractivity contribution in [2.45, 2.75) is 25.4 Å². The molecule has 3 heteroatoms. The molecular weight excluding hydrogens is 220 g/mol. The zero-order chi connectivity index (χ0) is 11.4. The summed E-state index contributed by atoms with van der Waals surface area (Å²) in [6.07, 6.45) is 2.56. The van der Waals surface area contributed by atoms with Gasteiger partial charge in [0, 0.05) is 24.2 Å². The van der Waals surface area contributed by atoms with Gasteiger partial charge in [0.05, 0.1) is 0 Å². The van der Waals surface area contributed by atoms with Crippen molar-refractivity contribution in [1.82, 2.24) is 10.2 Å². The molecule has 2 nitrogen and oxygen atoms in total. The van der Waals surface area contributed by atoms with Crippen LogP contribution in [0.15, 0.2) is 24.3 Å². The summed E-state index contributed by atoms with van der Waals surface area (Å²) in [5.41, 5.74) is 1.24. The van der Waals surface area contributed by atoms with E-state index >= 15 is 0 Å². The number of benzene rings is 1. The molecule has 0 saturated carbocycles. The van der Waals surface area contributed by atoms with Gasteiger partial charge in [0.15, 0.2) is 0 Å². The normalized spacial score (nSPS) is 22.2. The third kappa shape index (κ3) is 2.97. The highest BCUT2D eigenvalue weighted by molar-refractivity contribution is 6.31. The van der Waals surface area contributed by atoms with Gasteiger partial charge in [-0.2, -0.15) is 0 Å². The number of hydrogen-bond donors (Lipinski definition) is 1. The summed E-state index contributed by atoms with van der Waals surface area (Å²) >= 11 is 6.17. The molecule has 88 valence electrons. The van der Waals surface area contributed by atoms with E-state index in [0.717, 1.165) is 18.1 Å². The Morgan fingerprint density at radius 2 is 2.25 bits per heavy atom. The molecule has 0 unspecified atom stereocenters. The van der Waals surface area contributed by atoms with Crippen LogP contribution in [0.4, 0.5) is 0 Å². The number of hydrogen-bond acceptors (Lipinski definition) is 2. The van der Waals surface area contributed by atoms with Crippen molar-refractivity contribution in [2.75, 3.05) is 20.1 Å². The van der Waals surface area contributed by atoms with Crippen LogP contribution >= 0.6 is 11.6 Å². The van der Waals surface area contributed by atoms with E-state index in [0.29, 0.717) is 6.04 Å². The first-order valence-electron chi connectivity index (χ1n) is 5.92. The Labute approximate surface area is 103 Å². The summed E-state index contributed by atoms with van der Waals surface area (Å²) in [5.74, 6) is 0. The highest BCUT2D eigenvalue weighted by Gasteiger charge is 2.18. The fraction of sp³-hybridized carbons (Fsp3) is 0.538. The Kier molecular flexibility index (Phi) is 4.22. The van der Waals surface area contributed by atoms with Crippen LogP contribution in [0.2, 0.25) is 5.02 Å². The minimum Gasteiger partial charge on any atom is -0.316 e. The van der Waals surface area contributed by atoms with Gasteiger partial charge in [-0.1, -0.05) is 29.8 Å². The molecule has 1 fully saturated rings. The number of nitrogens with zero attached hydrogens (tertiary/aromatic N) is 1. The SMILES string of the molecule is CN[C@H]1CCCN(Cc2ccccc2Cl)C1. The van der Waals surface area contributed by atoms with Gasteiger partial charge in [-0.05, 0) is 38.1 Å². The topological polar surface area (TPSA) is 15.3 Å². The fourth-order valence-corrected chi connectivity index (χ4v) is 2.50. The molecule has 2 rings (SSSR count). The molecule has 0 bridgehead atoms. The Bertz CT molecular complexity index is 340. The molecule has 1 N–H and O–H groups in total.